The largest absolute Gasteiger partial charge is 0.461 e. The molecular formula is C20H35NO2. The van der Waals surface area contributed by atoms with E-state index in [1.807, 2.05) is 19.2 Å². The van der Waals surface area contributed by atoms with E-state index in [-0.39, 0.29) is 5.97 Å². The topological polar surface area (TPSA) is 42.1 Å². The van der Waals surface area contributed by atoms with Crippen molar-refractivity contribution >= 4 is 5.97 Å². The smallest absolute Gasteiger partial charge is 0.354 e. The van der Waals surface area contributed by atoms with Gasteiger partial charge in [0.25, 0.3) is 0 Å². The minimum Gasteiger partial charge on any atom is -0.461 e. The van der Waals surface area contributed by atoms with Crippen LogP contribution in [0.1, 0.15) is 101 Å². The number of carbonyl (C=O) groups is 1. The van der Waals surface area contributed by atoms with E-state index in [4.69, 9.17) is 4.74 Å². The third kappa shape index (κ3) is 9.47. The van der Waals surface area contributed by atoms with Crippen molar-refractivity contribution in [3.05, 3.63) is 23.5 Å². The van der Waals surface area contributed by atoms with Crippen LogP contribution in [0.3, 0.4) is 0 Å². The fourth-order valence-corrected chi connectivity index (χ4v) is 2.90. The number of nitrogens with one attached hydrogen (secondary N) is 1. The highest BCUT2D eigenvalue weighted by Gasteiger charge is 2.08. The molecule has 0 fully saturated rings. The maximum atomic E-state index is 11.6. The molecule has 1 heterocycles. The molecule has 3 heteroatoms. The minimum absolute atomic E-state index is 0.252. The Labute approximate surface area is 142 Å². The van der Waals surface area contributed by atoms with Gasteiger partial charge in [0.15, 0.2) is 0 Å². The Morgan fingerprint density at radius 1 is 0.913 bits per heavy atom. The number of aromatic nitrogens is 1. The first-order chi connectivity index (χ1) is 11.3. The van der Waals surface area contributed by atoms with Crippen LogP contribution in [0.2, 0.25) is 0 Å². The second-order valence-electron chi connectivity index (χ2n) is 6.43. The summed E-state index contributed by atoms with van der Waals surface area (Å²) >= 11 is 0. The molecule has 0 spiro atoms. The Morgan fingerprint density at radius 2 is 1.48 bits per heavy atom. The van der Waals surface area contributed by atoms with Crippen molar-refractivity contribution in [2.24, 2.45) is 0 Å². The van der Waals surface area contributed by atoms with Crippen molar-refractivity contribution < 1.29 is 9.53 Å². The highest BCUT2D eigenvalue weighted by Crippen LogP contribution is 2.13. The van der Waals surface area contributed by atoms with Crippen LogP contribution in [0.25, 0.3) is 0 Å². The van der Waals surface area contributed by atoms with Gasteiger partial charge in [-0.1, -0.05) is 71.1 Å². The number of unbranched alkanes of at least 4 members (excludes halogenated alkanes) is 10. The number of H-pyrrole nitrogens is 1. The van der Waals surface area contributed by atoms with Crippen molar-refractivity contribution in [1.82, 2.24) is 4.98 Å². The van der Waals surface area contributed by atoms with Gasteiger partial charge in [-0.05, 0) is 31.4 Å². The second kappa shape index (κ2) is 13.2. The molecule has 1 rings (SSSR count). The highest BCUT2D eigenvalue weighted by molar-refractivity contribution is 5.87. The number of esters is 1. The van der Waals surface area contributed by atoms with E-state index in [1.165, 1.54) is 76.2 Å². The van der Waals surface area contributed by atoms with Gasteiger partial charge in [0.1, 0.15) is 5.69 Å². The molecular weight excluding hydrogens is 286 g/mol. The zero-order valence-corrected chi connectivity index (χ0v) is 15.2. The molecule has 0 amide bonds. The normalized spacial score (nSPS) is 10.9. The van der Waals surface area contributed by atoms with Gasteiger partial charge in [0.05, 0.1) is 6.61 Å². The lowest BCUT2D eigenvalue weighted by Gasteiger charge is -2.02. The predicted molar refractivity (Wildman–Crippen MR) is 96.9 cm³/mol. The summed E-state index contributed by atoms with van der Waals surface area (Å²) in [5.74, 6) is -0.252. The number of ether oxygens (including phenoxy) is 1. The van der Waals surface area contributed by atoms with E-state index in [9.17, 15) is 4.79 Å². The summed E-state index contributed by atoms with van der Waals surface area (Å²) < 4.78 is 4.98. The molecule has 0 unspecified atom stereocenters. The highest BCUT2D eigenvalue weighted by atomic mass is 16.5. The molecule has 0 aliphatic carbocycles. The zero-order chi connectivity index (χ0) is 16.8. The Kier molecular flexibility index (Phi) is 11.4. The summed E-state index contributed by atoms with van der Waals surface area (Å²) in [4.78, 5) is 14.6. The van der Waals surface area contributed by atoms with E-state index in [1.54, 1.807) is 0 Å². The quantitative estimate of drug-likeness (QED) is 0.335. The van der Waals surface area contributed by atoms with Gasteiger partial charge in [-0.15, -0.1) is 0 Å². The first-order valence-electron chi connectivity index (χ1n) is 9.62. The molecule has 23 heavy (non-hydrogen) atoms. The van der Waals surface area contributed by atoms with Gasteiger partial charge in [-0.25, -0.2) is 4.79 Å². The number of carbonyl (C=O) groups excluding carboxylic acids is 1. The summed E-state index contributed by atoms with van der Waals surface area (Å²) in [6, 6.07) is 1.92. The van der Waals surface area contributed by atoms with Gasteiger partial charge < -0.3 is 9.72 Å². The lowest BCUT2D eigenvalue weighted by molar-refractivity contribution is 0.0520. The van der Waals surface area contributed by atoms with Crippen LogP contribution in [0.15, 0.2) is 12.3 Å². The lowest BCUT2D eigenvalue weighted by Crippen LogP contribution is -2.04. The molecule has 132 valence electrons. The van der Waals surface area contributed by atoms with Crippen molar-refractivity contribution in [3.63, 3.8) is 0 Å². The molecule has 1 aromatic heterocycles. The van der Waals surface area contributed by atoms with Crippen molar-refractivity contribution in [2.75, 3.05) is 6.61 Å². The standard InChI is InChI=1S/C20H35NO2/c1-3-5-6-7-8-9-10-11-12-13-14-15-18-16-19(21-17-18)20(22)23-4-2/h16-17,21H,3-15H2,1-2H3. The van der Waals surface area contributed by atoms with Crippen LogP contribution in [0.5, 0.6) is 0 Å². The number of rotatable bonds is 14. The summed E-state index contributed by atoms with van der Waals surface area (Å²) in [5.41, 5.74) is 1.79. The van der Waals surface area contributed by atoms with E-state index >= 15 is 0 Å². The Bertz CT molecular complexity index is 412. The van der Waals surface area contributed by atoms with Gasteiger partial charge in [0.2, 0.25) is 0 Å². The minimum atomic E-state index is -0.252. The first-order valence-corrected chi connectivity index (χ1v) is 9.62. The molecule has 0 atom stereocenters. The zero-order valence-electron chi connectivity index (χ0n) is 15.2. The molecule has 1 N–H and O–H groups in total. The van der Waals surface area contributed by atoms with Crippen LogP contribution >= 0.6 is 0 Å². The third-order valence-electron chi connectivity index (χ3n) is 4.31. The van der Waals surface area contributed by atoms with Crippen LogP contribution in [-0.2, 0) is 11.2 Å². The van der Waals surface area contributed by atoms with Crippen molar-refractivity contribution in [2.45, 2.75) is 90.9 Å². The number of aryl methyl sites for hydroxylation is 1. The molecule has 0 aliphatic heterocycles. The molecule has 0 bridgehead atoms. The molecule has 0 aromatic carbocycles. The lowest BCUT2D eigenvalue weighted by atomic mass is 10.0. The van der Waals surface area contributed by atoms with E-state index in [2.05, 4.69) is 11.9 Å². The van der Waals surface area contributed by atoms with E-state index < -0.39 is 0 Å². The fraction of sp³-hybridized carbons (Fsp3) is 0.750. The second-order valence-corrected chi connectivity index (χ2v) is 6.43. The molecule has 0 aliphatic rings. The van der Waals surface area contributed by atoms with E-state index in [0.29, 0.717) is 12.3 Å². The van der Waals surface area contributed by atoms with Crippen LogP contribution in [0, 0.1) is 0 Å². The molecule has 3 nitrogen and oxygen atoms in total. The maximum Gasteiger partial charge on any atom is 0.354 e. The SMILES string of the molecule is CCCCCCCCCCCCCc1c[nH]c(C(=O)OCC)c1. The summed E-state index contributed by atoms with van der Waals surface area (Å²) in [6.07, 6.45) is 18.0. The van der Waals surface area contributed by atoms with Crippen LogP contribution < -0.4 is 0 Å². The summed E-state index contributed by atoms with van der Waals surface area (Å²) in [7, 11) is 0. The maximum absolute atomic E-state index is 11.6. The summed E-state index contributed by atoms with van der Waals surface area (Å²) in [6.45, 7) is 4.52. The van der Waals surface area contributed by atoms with Crippen LogP contribution in [-0.4, -0.2) is 17.6 Å². The average Bonchev–Trinajstić information content (AvgIpc) is 3.02. The summed E-state index contributed by atoms with van der Waals surface area (Å²) in [5, 5.41) is 0. The first kappa shape index (κ1) is 19.8. The molecule has 0 saturated heterocycles. The molecule has 0 radical (unpaired) electrons. The number of hydrogen-bond donors (Lipinski definition) is 1. The molecule has 1 aromatic rings. The van der Waals surface area contributed by atoms with Crippen molar-refractivity contribution in [3.8, 4) is 0 Å². The number of aromatic amines is 1. The molecule has 0 saturated carbocycles. The van der Waals surface area contributed by atoms with Gasteiger partial charge in [-0.2, -0.15) is 0 Å². The van der Waals surface area contributed by atoms with E-state index in [0.717, 1.165) is 6.42 Å². The fourth-order valence-electron chi connectivity index (χ4n) is 2.90. The van der Waals surface area contributed by atoms with Gasteiger partial charge in [-0.3, -0.25) is 0 Å². The van der Waals surface area contributed by atoms with Gasteiger partial charge >= 0.3 is 5.97 Å². The van der Waals surface area contributed by atoms with Crippen molar-refractivity contribution in [1.29, 1.82) is 0 Å². The predicted octanol–water partition coefficient (Wildman–Crippen LogP) is 6.04. The third-order valence-corrected chi connectivity index (χ3v) is 4.31. The Hall–Kier alpha value is -1.25. The Morgan fingerprint density at radius 3 is 2.04 bits per heavy atom. The Balaban J connectivity index is 1.96. The van der Waals surface area contributed by atoms with Gasteiger partial charge in [0, 0.05) is 6.20 Å². The average molecular weight is 322 g/mol. The van der Waals surface area contributed by atoms with Crippen LogP contribution in [0.4, 0.5) is 0 Å². The monoisotopic (exact) mass is 321 g/mol. The number of hydrogen-bond acceptors (Lipinski definition) is 2.